The summed E-state index contributed by atoms with van der Waals surface area (Å²) in [4.78, 5) is 6.48. The van der Waals surface area contributed by atoms with E-state index < -0.39 is 0 Å². The fourth-order valence-electron chi connectivity index (χ4n) is 3.16. The van der Waals surface area contributed by atoms with Crippen LogP contribution in [0.25, 0.3) is 0 Å². The molecule has 1 aliphatic rings. The average Bonchev–Trinajstić information content (AvgIpc) is 3.24. The number of anilines is 1. The van der Waals surface area contributed by atoms with E-state index in [9.17, 15) is 0 Å². The number of aromatic nitrogens is 4. The molecule has 1 N–H and O–H groups in total. The molecule has 1 fully saturated rings. The molecule has 0 bridgehead atoms. The third kappa shape index (κ3) is 3.32. The number of ether oxygens (including phenoxy) is 1. The summed E-state index contributed by atoms with van der Waals surface area (Å²) in [6.45, 7) is 5.82. The Morgan fingerprint density at radius 2 is 2.17 bits per heavy atom. The van der Waals surface area contributed by atoms with Gasteiger partial charge in [0.05, 0.1) is 18.1 Å². The molecule has 0 amide bonds. The van der Waals surface area contributed by atoms with Gasteiger partial charge in [-0.2, -0.15) is 5.10 Å². The highest BCUT2D eigenvalue weighted by Crippen LogP contribution is 2.29. The smallest absolute Gasteiger partial charge is 0.204 e. The summed E-state index contributed by atoms with van der Waals surface area (Å²) < 4.78 is 10.1. The van der Waals surface area contributed by atoms with Gasteiger partial charge in [0.15, 0.2) is 0 Å². The van der Waals surface area contributed by atoms with Crippen molar-refractivity contribution in [2.24, 2.45) is 7.05 Å². The van der Waals surface area contributed by atoms with Crippen LogP contribution in [-0.4, -0.2) is 46.1 Å². The van der Waals surface area contributed by atoms with Crippen molar-refractivity contribution in [3.8, 4) is 0 Å². The maximum Gasteiger partial charge on any atom is 0.204 e. The van der Waals surface area contributed by atoms with E-state index in [0.717, 1.165) is 31.1 Å². The van der Waals surface area contributed by atoms with Crippen molar-refractivity contribution in [1.82, 2.24) is 24.6 Å². The predicted octanol–water partition coefficient (Wildman–Crippen LogP) is 1.88. The van der Waals surface area contributed by atoms with Crippen LogP contribution in [0, 0.1) is 0 Å². The van der Waals surface area contributed by atoms with Crippen LogP contribution in [0.5, 0.6) is 0 Å². The van der Waals surface area contributed by atoms with Crippen LogP contribution in [0.15, 0.2) is 18.6 Å². The van der Waals surface area contributed by atoms with Gasteiger partial charge < -0.3 is 19.5 Å². The van der Waals surface area contributed by atoms with Crippen molar-refractivity contribution in [3.05, 3.63) is 29.8 Å². The lowest BCUT2D eigenvalue weighted by Crippen LogP contribution is -2.31. The molecule has 0 radical (unpaired) electrons. The summed E-state index contributed by atoms with van der Waals surface area (Å²) in [5.74, 6) is 0.962. The Hall–Kier alpha value is -1.86. The molecule has 0 aromatic carbocycles. The van der Waals surface area contributed by atoms with E-state index in [-0.39, 0.29) is 6.10 Å². The van der Waals surface area contributed by atoms with Gasteiger partial charge in [-0.25, -0.2) is 4.98 Å². The Bertz CT molecular complexity index is 674. The Balaban J connectivity index is 1.66. The van der Waals surface area contributed by atoms with Gasteiger partial charge in [0.25, 0.3) is 0 Å². The van der Waals surface area contributed by atoms with Gasteiger partial charge in [-0.1, -0.05) is 0 Å². The third-order valence-electron chi connectivity index (χ3n) is 4.58. The molecule has 0 unspecified atom stereocenters. The van der Waals surface area contributed by atoms with Crippen molar-refractivity contribution in [3.63, 3.8) is 0 Å². The summed E-state index contributed by atoms with van der Waals surface area (Å²) in [6, 6.07) is 0.665. The van der Waals surface area contributed by atoms with Crippen molar-refractivity contribution < 1.29 is 4.74 Å². The highest BCUT2D eigenvalue weighted by atomic mass is 16.5. The summed E-state index contributed by atoms with van der Waals surface area (Å²) >= 11 is 0. The molecule has 1 saturated heterocycles. The van der Waals surface area contributed by atoms with Crippen LogP contribution in [0.4, 0.5) is 5.95 Å². The van der Waals surface area contributed by atoms with E-state index in [1.54, 1.807) is 0 Å². The van der Waals surface area contributed by atoms with Gasteiger partial charge in [-0.3, -0.25) is 4.68 Å². The first-order chi connectivity index (χ1) is 11.5. The lowest BCUT2D eigenvalue weighted by atomic mass is 10.1. The van der Waals surface area contributed by atoms with Crippen LogP contribution < -0.4 is 10.2 Å². The predicted molar refractivity (Wildman–Crippen MR) is 94.1 cm³/mol. The van der Waals surface area contributed by atoms with Gasteiger partial charge >= 0.3 is 0 Å². The molecule has 0 aliphatic carbocycles. The summed E-state index contributed by atoms with van der Waals surface area (Å²) in [7, 11) is 6.06. The first-order valence-corrected chi connectivity index (χ1v) is 8.54. The minimum atomic E-state index is 0.0686. The highest BCUT2D eigenvalue weighted by molar-refractivity contribution is 5.31. The summed E-state index contributed by atoms with van der Waals surface area (Å²) in [6.07, 6.45) is 7.04. The van der Waals surface area contributed by atoms with E-state index >= 15 is 0 Å². The first kappa shape index (κ1) is 17.0. The van der Waals surface area contributed by atoms with Crippen molar-refractivity contribution in [2.45, 2.75) is 45.0 Å². The molecule has 7 heteroatoms. The van der Waals surface area contributed by atoms with E-state index in [0.29, 0.717) is 12.1 Å². The van der Waals surface area contributed by atoms with Gasteiger partial charge in [0.2, 0.25) is 5.95 Å². The van der Waals surface area contributed by atoms with E-state index in [1.807, 2.05) is 36.1 Å². The van der Waals surface area contributed by atoms with Crippen LogP contribution in [0.2, 0.25) is 0 Å². The molecule has 3 heterocycles. The lowest BCUT2D eigenvalue weighted by Gasteiger charge is -2.19. The highest BCUT2D eigenvalue weighted by Gasteiger charge is 2.30. The quantitative estimate of drug-likeness (QED) is 0.875. The molecule has 3 rings (SSSR count). The molecule has 132 valence electrons. The minimum absolute atomic E-state index is 0.0686. The SMILES string of the molecule is CC(C)n1cc([C@H]2OCC[C@@H]2NCc2cnc(N(C)C)n2C)cn1. The molecule has 24 heavy (non-hydrogen) atoms. The second-order valence-corrected chi connectivity index (χ2v) is 6.92. The minimum Gasteiger partial charge on any atom is -0.372 e. The van der Waals surface area contributed by atoms with Crippen molar-refractivity contribution >= 4 is 5.95 Å². The van der Waals surface area contributed by atoms with Gasteiger partial charge in [0.1, 0.15) is 6.10 Å². The Morgan fingerprint density at radius 1 is 1.38 bits per heavy atom. The number of nitrogens with one attached hydrogen (secondary N) is 1. The summed E-state index contributed by atoms with van der Waals surface area (Å²) in [5.41, 5.74) is 2.32. The van der Waals surface area contributed by atoms with Crippen LogP contribution in [0.1, 0.15) is 43.7 Å². The zero-order valence-electron chi connectivity index (χ0n) is 15.2. The second kappa shape index (κ2) is 6.94. The summed E-state index contributed by atoms with van der Waals surface area (Å²) in [5, 5.41) is 8.08. The molecule has 2 atom stereocenters. The Labute approximate surface area is 143 Å². The van der Waals surface area contributed by atoms with Crippen molar-refractivity contribution in [1.29, 1.82) is 0 Å². The Morgan fingerprint density at radius 3 is 2.79 bits per heavy atom. The van der Waals surface area contributed by atoms with E-state index in [4.69, 9.17) is 4.74 Å². The maximum atomic E-state index is 5.96. The number of nitrogens with zero attached hydrogens (tertiary/aromatic N) is 5. The standard InChI is InChI=1S/C17H28N6O/c1-12(2)23-11-13(8-20-23)16-15(6-7-24-16)18-9-14-10-19-17(21(3)4)22(14)5/h8,10-12,15-16,18H,6-7,9H2,1-5H3/t15-,16+/m0/s1. The monoisotopic (exact) mass is 332 g/mol. The van der Waals surface area contributed by atoms with Gasteiger partial charge in [-0.05, 0) is 20.3 Å². The molecule has 1 aliphatic heterocycles. The fourth-order valence-corrected chi connectivity index (χ4v) is 3.16. The fraction of sp³-hybridized carbons (Fsp3) is 0.647. The third-order valence-corrected chi connectivity index (χ3v) is 4.58. The number of rotatable bonds is 6. The van der Waals surface area contributed by atoms with Gasteiger partial charge in [0, 0.05) is 58.1 Å². The molecule has 7 nitrogen and oxygen atoms in total. The van der Waals surface area contributed by atoms with Crippen LogP contribution in [-0.2, 0) is 18.3 Å². The largest absolute Gasteiger partial charge is 0.372 e. The van der Waals surface area contributed by atoms with Crippen LogP contribution >= 0.6 is 0 Å². The molecular weight excluding hydrogens is 304 g/mol. The number of hydrogen-bond acceptors (Lipinski definition) is 5. The van der Waals surface area contributed by atoms with E-state index in [2.05, 4.69) is 47.1 Å². The Kier molecular flexibility index (Phi) is 4.91. The second-order valence-electron chi connectivity index (χ2n) is 6.92. The number of imidazole rings is 1. The van der Waals surface area contributed by atoms with Crippen LogP contribution in [0.3, 0.4) is 0 Å². The first-order valence-electron chi connectivity index (χ1n) is 8.54. The maximum absolute atomic E-state index is 5.96. The molecule has 2 aromatic heterocycles. The molecule has 2 aromatic rings. The van der Waals surface area contributed by atoms with Gasteiger partial charge in [-0.15, -0.1) is 0 Å². The number of hydrogen-bond donors (Lipinski definition) is 1. The molecule has 0 saturated carbocycles. The topological polar surface area (TPSA) is 60.1 Å². The van der Waals surface area contributed by atoms with E-state index in [1.165, 1.54) is 5.69 Å². The average molecular weight is 332 g/mol. The zero-order valence-corrected chi connectivity index (χ0v) is 15.2. The lowest BCUT2D eigenvalue weighted by molar-refractivity contribution is 0.0982. The van der Waals surface area contributed by atoms with Crippen molar-refractivity contribution in [2.75, 3.05) is 25.6 Å². The molecular formula is C17H28N6O. The zero-order chi connectivity index (χ0) is 17.3. The molecule has 0 spiro atoms. The normalized spacial score (nSPS) is 20.9.